The zero-order chi connectivity index (χ0) is 13.2. The van der Waals surface area contributed by atoms with Gasteiger partial charge in [0.15, 0.2) is 11.5 Å². The lowest BCUT2D eigenvalue weighted by atomic mass is 10.0. The Bertz CT molecular complexity index is 418. The molecule has 0 radical (unpaired) electrons. The van der Waals surface area contributed by atoms with Crippen LogP contribution < -0.4 is 10.5 Å². The molecule has 0 aliphatic heterocycles. The van der Waals surface area contributed by atoms with Crippen molar-refractivity contribution in [1.82, 2.24) is 0 Å². The van der Waals surface area contributed by atoms with Crippen molar-refractivity contribution >= 4 is 44.3 Å². The summed E-state index contributed by atoms with van der Waals surface area (Å²) in [5, 5.41) is 19.5. The van der Waals surface area contributed by atoms with Gasteiger partial charge in [-0.3, -0.25) is 0 Å². The highest BCUT2D eigenvalue weighted by Gasteiger charge is 2.22. The minimum Gasteiger partial charge on any atom is -0.503 e. The second kappa shape index (κ2) is 7.55. The lowest BCUT2D eigenvalue weighted by Gasteiger charge is -2.21. The van der Waals surface area contributed by atoms with Crippen molar-refractivity contribution in [3.8, 4) is 11.5 Å². The fourth-order valence-corrected chi connectivity index (χ4v) is 2.46. The predicted molar refractivity (Wildman–Crippen MR) is 80.5 cm³/mol. The topological polar surface area (TPSA) is 75.7 Å². The number of aromatic hydroxyl groups is 1. The van der Waals surface area contributed by atoms with Crippen molar-refractivity contribution in [3.05, 3.63) is 20.6 Å². The second-order valence-corrected chi connectivity index (χ2v) is 5.23. The maximum Gasteiger partial charge on any atom is 0.173 e. The molecule has 0 unspecified atom stereocenters. The smallest absolute Gasteiger partial charge is 0.173 e. The molecule has 0 spiro atoms. The van der Waals surface area contributed by atoms with Crippen LogP contribution in [0.15, 0.2) is 15.0 Å². The van der Waals surface area contributed by atoms with E-state index in [9.17, 15) is 10.2 Å². The van der Waals surface area contributed by atoms with Crippen LogP contribution in [0.3, 0.4) is 0 Å². The molecule has 0 aromatic heterocycles. The molecular formula is C11H16Br2ClNO3. The van der Waals surface area contributed by atoms with Gasteiger partial charge in [-0.1, -0.05) is 6.92 Å². The van der Waals surface area contributed by atoms with Gasteiger partial charge in [-0.05, 0) is 49.9 Å². The standard InChI is InChI=1S/C11H15Br2NO3.ClH/c1-3-6(15)10(14)5-4-7(17-2)11(16)9(13)8(5)12;/h4,6,10,15-16H,3,14H2,1-2H3;1H/t6-,10+;/m1./s1. The molecule has 1 aromatic carbocycles. The largest absolute Gasteiger partial charge is 0.503 e. The monoisotopic (exact) mass is 403 g/mol. The Kier molecular flexibility index (Phi) is 7.54. The van der Waals surface area contributed by atoms with Crippen LogP contribution in [-0.2, 0) is 0 Å². The van der Waals surface area contributed by atoms with E-state index >= 15 is 0 Å². The van der Waals surface area contributed by atoms with Crippen LogP contribution in [0, 0.1) is 0 Å². The summed E-state index contributed by atoms with van der Waals surface area (Å²) in [6, 6.07) is 1.08. The quantitative estimate of drug-likeness (QED) is 0.720. The molecule has 4 N–H and O–H groups in total. The maximum absolute atomic E-state index is 9.78. The Hall–Kier alpha value is -0.01000. The molecule has 0 aliphatic carbocycles. The molecule has 0 saturated carbocycles. The van der Waals surface area contributed by atoms with Crippen molar-refractivity contribution in [3.63, 3.8) is 0 Å². The van der Waals surface area contributed by atoms with Gasteiger partial charge in [0, 0.05) is 4.47 Å². The summed E-state index contributed by atoms with van der Waals surface area (Å²) >= 11 is 6.59. The van der Waals surface area contributed by atoms with Crippen molar-refractivity contribution in [2.24, 2.45) is 5.73 Å². The van der Waals surface area contributed by atoms with Gasteiger partial charge >= 0.3 is 0 Å². The lowest BCUT2D eigenvalue weighted by molar-refractivity contribution is 0.140. The number of aliphatic hydroxyl groups excluding tert-OH is 1. The van der Waals surface area contributed by atoms with Gasteiger partial charge in [-0.25, -0.2) is 0 Å². The van der Waals surface area contributed by atoms with E-state index in [1.54, 1.807) is 6.07 Å². The molecule has 0 fully saturated rings. The highest BCUT2D eigenvalue weighted by molar-refractivity contribution is 9.13. The van der Waals surface area contributed by atoms with Crippen molar-refractivity contribution in [1.29, 1.82) is 0 Å². The summed E-state index contributed by atoms with van der Waals surface area (Å²) in [6.07, 6.45) is -0.0959. The molecule has 7 heteroatoms. The number of rotatable bonds is 4. The first-order chi connectivity index (χ1) is 7.93. The second-order valence-electron chi connectivity index (χ2n) is 3.65. The van der Waals surface area contributed by atoms with Crippen molar-refractivity contribution < 1.29 is 14.9 Å². The van der Waals surface area contributed by atoms with E-state index in [2.05, 4.69) is 31.9 Å². The summed E-state index contributed by atoms with van der Waals surface area (Å²) in [4.78, 5) is 0. The normalized spacial score (nSPS) is 13.7. The Balaban J connectivity index is 0.00000289. The van der Waals surface area contributed by atoms with Gasteiger partial charge in [0.25, 0.3) is 0 Å². The average Bonchev–Trinajstić information content (AvgIpc) is 2.34. The number of aliphatic hydroxyl groups is 1. The number of methoxy groups -OCH3 is 1. The van der Waals surface area contributed by atoms with Crippen LogP contribution in [0.2, 0.25) is 0 Å². The first kappa shape index (κ1) is 18.0. The Morgan fingerprint density at radius 1 is 1.39 bits per heavy atom. The van der Waals surface area contributed by atoms with E-state index < -0.39 is 12.1 Å². The van der Waals surface area contributed by atoms with Crippen LogP contribution >= 0.6 is 44.3 Å². The highest BCUT2D eigenvalue weighted by atomic mass is 79.9. The predicted octanol–water partition coefficient (Wildman–Crippen LogP) is 3.12. The molecule has 0 amide bonds. The van der Waals surface area contributed by atoms with Gasteiger partial charge in [0.2, 0.25) is 0 Å². The van der Waals surface area contributed by atoms with E-state index in [0.29, 0.717) is 26.7 Å². The molecule has 1 aromatic rings. The van der Waals surface area contributed by atoms with E-state index in [4.69, 9.17) is 10.5 Å². The molecular weight excluding hydrogens is 389 g/mol. The van der Waals surface area contributed by atoms with Crippen LogP contribution in [0.25, 0.3) is 0 Å². The Morgan fingerprint density at radius 2 is 1.94 bits per heavy atom. The average molecular weight is 406 g/mol. The Morgan fingerprint density at radius 3 is 2.39 bits per heavy atom. The number of hydrogen-bond acceptors (Lipinski definition) is 4. The van der Waals surface area contributed by atoms with E-state index in [1.807, 2.05) is 6.92 Å². The van der Waals surface area contributed by atoms with Gasteiger partial charge in [-0.2, -0.15) is 0 Å². The van der Waals surface area contributed by atoms with Gasteiger partial charge in [-0.15, -0.1) is 12.4 Å². The molecule has 104 valence electrons. The fourth-order valence-electron chi connectivity index (χ4n) is 1.47. The van der Waals surface area contributed by atoms with E-state index in [1.165, 1.54) is 7.11 Å². The number of phenolic OH excluding ortho intramolecular Hbond substituents is 1. The zero-order valence-corrected chi connectivity index (χ0v) is 14.0. The SMILES string of the molecule is CC[C@@H](O)[C@@H](N)c1cc(OC)c(O)c(Br)c1Br.Cl. The number of hydrogen-bond donors (Lipinski definition) is 3. The molecule has 0 saturated heterocycles. The van der Waals surface area contributed by atoms with Gasteiger partial charge < -0.3 is 20.7 Å². The maximum atomic E-state index is 9.78. The lowest BCUT2D eigenvalue weighted by Crippen LogP contribution is -2.25. The number of benzene rings is 1. The summed E-state index contributed by atoms with van der Waals surface area (Å²) in [5.74, 6) is 0.315. The zero-order valence-electron chi connectivity index (χ0n) is 9.98. The van der Waals surface area contributed by atoms with Crippen molar-refractivity contribution in [2.75, 3.05) is 7.11 Å². The molecule has 0 aliphatic rings. The third-order valence-corrected chi connectivity index (χ3v) is 4.74. The fraction of sp³-hybridized carbons (Fsp3) is 0.455. The summed E-state index contributed by atoms with van der Waals surface area (Å²) in [7, 11) is 1.46. The minimum absolute atomic E-state index is 0. The van der Waals surface area contributed by atoms with Crippen molar-refractivity contribution in [2.45, 2.75) is 25.5 Å². The third-order valence-electron chi connectivity index (χ3n) is 2.59. The Labute approximate surface area is 129 Å². The van der Waals surface area contributed by atoms with E-state index in [-0.39, 0.29) is 18.2 Å². The van der Waals surface area contributed by atoms with Gasteiger partial charge in [0.1, 0.15) is 0 Å². The van der Waals surface area contributed by atoms with Gasteiger partial charge in [0.05, 0.1) is 23.7 Å². The summed E-state index contributed by atoms with van der Waals surface area (Å²) in [6.45, 7) is 1.85. The number of ether oxygens (including phenoxy) is 1. The van der Waals surface area contributed by atoms with Crippen LogP contribution in [0.1, 0.15) is 24.9 Å². The number of nitrogens with two attached hydrogens (primary N) is 1. The summed E-state index contributed by atoms with van der Waals surface area (Å²) in [5.41, 5.74) is 6.64. The van der Waals surface area contributed by atoms with Crippen LogP contribution in [0.4, 0.5) is 0 Å². The first-order valence-corrected chi connectivity index (χ1v) is 6.71. The summed E-state index contributed by atoms with van der Waals surface area (Å²) < 4.78 is 6.13. The molecule has 0 bridgehead atoms. The molecule has 4 nitrogen and oxygen atoms in total. The molecule has 18 heavy (non-hydrogen) atoms. The third kappa shape index (κ3) is 3.51. The number of phenols is 1. The van der Waals surface area contributed by atoms with Crippen LogP contribution in [0.5, 0.6) is 11.5 Å². The molecule has 2 atom stereocenters. The molecule has 1 rings (SSSR count). The number of halogens is 3. The highest BCUT2D eigenvalue weighted by Crippen LogP contribution is 2.43. The van der Waals surface area contributed by atoms with Crippen LogP contribution in [-0.4, -0.2) is 23.4 Å². The molecule has 0 heterocycles. The first-order valence-electron chi connectivity index (χ1n) is 5.12. The van der Waals surface area contributed by atoms with E-state index in [0.717, 1.165) is 0 Å². The minimum atomic E-state index is -0.646.